The molecule has 1 aromatic heterocycles. The van der Waals surface area contributed by atoms with Gasteiger partial charge in [0.2, 0.25) is 0 Å². The number of carbonyl (C=O) groups excluding carboxylic acids is 1. The molecule has 0 unspecified atom stereocenters. The van der Waals surface area contributed by atoms with Crippen molar-refractivity contribution < 1.29 is 9.90 Å². The minimum Gasteiger partial charge on any atom is -0.507 e. The van der Waals surface area contributed by atoms with Crippen LogP contribution < -0.4 is 5.43 Å². The monoisotopic (exact) mass is 390 g/mol. The van der Waals surface area contributed by atoms with Crippen molar-refractivity contribution in [1.29, 1.82) is 0 Å². The van der Waals surface area contributed by atoms with E-state index in [9.17, 15) is 9.90 Å². The third kappa shape index (κ3) is 3.58. The summed E-state index contributed by atoms with van der Waals surface area (Å²) in [6.45, 7) is 0. The number of halogens is 1. The van der Waals surface area contributed by atoms with Crippen LogP contribution in [0.5, 0.6) is 5.75 Å². The third-order valence-electron chi connectivity index (χ3n) is 4.27. The van der Waals surface area contributed by atoms with Crippen molar-refractivity contribution in [3.05, 3.63) is 83.0 Å². The second kappa shape index (κ2) is 7.54. The SMILES string of the molecule is O=C(NN=Cc1c(O)ccc2ccccc12)c1cc(-c2ccc(Cl)cc2)n[nH]1. The summed E-state index contributed by atoms with van der Waals surface area (Å²) in [5.41, 5.74) is 4.70. The van der Waals surface area contributed by atoms with Crippen molar-refractivity contribution in [2.24, 2.45) is 5.10 Å². The number of phenolic OH excluding ortho intramolecular Hbond substituents is 1. The number of hydrazone groups is 1. The van der Waals surface area contributed by atoms with Crippen LogP contribution in [0.2, 0.25) is 5.02 Å². The lowest BCUT2D eigenvalue weighted by Gasteiger charge is -2.04. The lowest BCUT2D eigenvalue weighted by Crippen LogP contribution is -2.18. The summed E-state index contributed by atoms with van der Waals surface area (Å²) in [7, 11) is 0. The van der Waals surface area contributed by atoms with Crippen molar-refractivity contribution >= 4 is 34.5 Å². The number of hydrogen-bond acceptors (Lipinski definition) is 4. The molecule has 1 heterocycles. The van der Waals surface area contributed by atoms with E-state index in [4.69, 9.17) is 11.6 Å². The first-order valence-corrected chi connectivity index (χ1v) is 8.85. The van der Waals surface area contributed by atoms with Gasteiger partial charge in [-0.1, -0.05) is 54.1 Å². The molecule has 0 fully saturated rings. The Labute approximate surface area is 165 Å². The molecule has 138 valence electrons. The molecule has 1 amide bonds. The Morgan fingerprint density at radius 2 is 1.89 bits per heavy atom. The van der Waals surface area contributed by atoms with Crippen LogP contribution in [0.1, 0.15) is 16.1 Å². The molecule has 6 nitrogen and oxygen atoms in total. The highest BCUT2D eigenvalue weighted by Gasteiger charge is 2.11. The number of carbonyl (C=O) groups is 1. The van der Waals surface area contributed by atoms with E-state index in [1.165, 1.54) is 6.21 Å². The highest BCUT2D eigenvalue weighted by atomic mass is 35.5. The van der Waals surface area contributed by atoms with Crippen LogP contribution in [0.4, 0.5) is 0 Å². The number of nitrogens with one attached hydrogen (secondary N) is 2. The molecular formula is C21H15ClN4O2. The van der Waals surface area contributed by atoms with Crippen LogP contribution in [0.3, 0.4) is 0 Å². The van der Waals surface area contributed by atoms with E-state index in [2.05, 4.69) is 20.7 Å². The van der Waals surface area contributed by atoms with Gasteiger partial charge in [-0.3, -0.25) is 9.89 Å². The smallest absolute Gasteiger partial charge is 0.289 e. The molecule has 7 heteroatoms. The van der Waals surface area contributed by atoms with E-state index in [0.29, 0.717) is 16.3 Å². The number of aromatic hydroxyl groups is 1. The molecule has 3 N–H and O–H groups in total. The number of amides is 1. The number of H-pyrrole nitrogens is 1. The maximum Gasteiger partial charge on any atom is 0.289 e. The molecule has 4 rings (SSSR count). The lowest BCUT2D eigenvalue weighted by molar-refractivity contribution is 0.0950. The van der Waals surface area contributed by atoms with Gasteiger partial charge in [0, 0.05) is 16.1 Å². The molecule has 0 aliphatic heterocycles. The number of aromatic nitrogens is 2. The summed E-state index contributed by atoms with van der Waals surface area (Å²) in [4.78, 5) is 12.3. The first kappa shape index (κ1) is 17.8. The van der Waals surface area contributed by atoms with E-state index in [1.54, 1.807) is 24.3 Å². The number of phenols is 1. The molecule has 0 aliphatic carbocycles. The Bertz CT molecular complexity index is 1180. The van der Waals surface area contributed by atoms with Crippen LogP contribution in [-0.2, 0) is 0 Å². The van der Waals surface area contributed by atoms with Crippen molar-refractivity contribution in [3.8, 4) is 17.0 Å². The summed E-state index contributed by atoms with van der Waals surface area (Å²) >= 11 is 5.88. The number of rotatable bonds is 4. The molecule has 4 aromatic rings. The predicted octanol–water partition coefficient (Wildman–Crippen LogP) is 4.35. The second-order valence-electron chi connectivity index (χ2n) is 6.09. The van der Waals surface area contributed by atoms with Crippen molar-refractivity contribution in [1.82, 2.24) is 15.6 Å². The normalized spacial score (nSPS) is 11.2. The number of benzene rings is 3. The van der Waals surface area contributed by atoms with Gasteiger partial charge >= 0.3 is 0 Å². The van der Waals surface area contributed by atoms with Crippen LogP contribution in [0, 0.1) is 0 Å². The van der Waals surface area contributed by atoms with E-state index >= 15 is 0 Å². The summed E-state index contributed by atoms with van der Waals surface area (Å²) < 4.78 is 0. The van der Waals surface area contributed by atoms with Crippen molar-refractivity contribution in [3.63, 3.8) is 0 Å². The fraction of sp³-hybridized carbons (Fsp3) is 0. The summed E-state index contributed by atoms with van der Waals surface area (Å²) in [6.07, 6.45) is 1.42. The zero-order chi connectivity index (χ0) is 19.5. The largest absolute Gasteiger partial charge is 0.507 e. The van der Waals surface area contributed by atoms with Gasteiger partial charge < -0.3 is 5.11 Å². The average Bonchev–Trinajstić information content (AvgIpc) is 3.20. The highest BCUT2D eigenvalue weighted by Crippen LogP contribution is 2.25. The molecule has 0 saturated heterocycles. The predicted molar refractivity (Wildman–Crippen MR) is 110 cm³/mol. The third-order valence-corrected chi connectivity index (χ3v) is 4.52. The molecule has 0 atom stereocenters. The first-order valence-electron chi connectivity index (χ1n) is 8.47. The Kier molecular flexibility index (Phi) is 4.78. The van der Waals surface area contributed by atoms with Crippen LogP contribution in [0.15, 0.2) is 71.8 Å². The zero-order valence-corrected chi connectivity index (χ0v) is 15.3. The summed E-state index contributed by atoms with van der Waals surface area (Å²) in [6, 6.07) is 19.8. The molecule has 0 bridgehead atoms. The number of nitrogens with zero attached hydrogens (tertiary/aromatic N) is 2. The van der Waals surface area contributed by atoms with Crippen LogP contribution in [0.25, 0.3) is 22.0 Å². The molecule has 3 aromatic carbocycles. The second-order valence-corrected chi connectivity index (χ2v) is 6.53. The molecule has 0 saturated carbocycles. The van der Waals surface area contributed by atoms with Crippen molar-refractivity contribution in [2.45, 2.75) is 0 Å². The van der Waals surface area contributed by atoms with Crippen LogP contribution in [-0.4, -0.2) is 27.4 Å². The Morgan fingerprint density at radius 3 is 2.71 bits per heavy atom. The van der Waals surface area contributed by atoms with Gasteiger partial charge in [0.25, 0.3) is 5.91 Å². The van der Waals surface area contributed by atoms with Gasteiger partial charge in [0.15, 0.2) is 0 Å². The molecule has 0 aliphatic rings. The van der Waals surface area contributed by atoms with Gasteiger partial charge in [-0.25, -0.2) is 5.43 Å². The average molecular weight is 391 g/mol. The first-order chi connectivity index (χ1) is 13.6. The quantitative estimate of drug-likeness (QED) is 0.357. The number of fused-ring (bicyclic) bond motifs is 1. The minimum absolute atomic E-state index is 0.0864. The van der Waals surface area contributed by atoms with Gasteiger partial charge in [-0.05, 0) is 35.0 Å². The zero-order valence-electron chi connectivity index (χ0n) is 14.6. The maximum absolute atomic E-state index is 12.3. The van der Waals surface area contributed by atoms with E-state index < -0.39 is 5.91 Å². The number of aromatic amines is 1. The molecular weight excluding hydrogens is 376 g/mol. The topological polar surface area (TPSA) is 90.4 Å². The molecule has 0 spiro atoms. The Balaban J connectivity index is 1.51. The maximum atomic E-state index is 12.3. The summed E-state index contributed by atoms with van der Waals surface area (Å²) in [5, 5.41) is 23.3. The van der Waals surface area contributed by atoms with E-state index in [1.807, 2.05) is 42.5 Å². The fourth-order valence-corrected chi connectivity index (χ4v) is 2.97. The Hall–Kier alpha value is -3.64. The van der Waals surface area contributed by atoms with Gasteiger partial charge in [-0.15, -0.1) is 0 Å². The fourth-order valence-electron chi connectivity index (χ4n) is 2.84. The molecule has 28 heavy (non-hydrogen) atoms. The molecule has 0 radical (unpaired) electrons. The summed E-state index contributed by atoms with van der Waals surface area (Å²) in [5.74, 6) is -0.355. The van der Waals surface area contributed by atoms with Gasteiger partial charge in [-0.2, -0.15) is 10.2 Å². The van der Waals surface area contributed by atoms with Gasteiger partial charge in [0.05, 0.1) is 11.9 Å². The van der Waals surface area contributed by atoms with E-state index in [-0.39, 0.29) is 11.4 Å². The lowest BCUT2D eigenvalue weighted by atomic mass is 10.0. The van der Waals surface area contributed by atoms with Crippen molar-refractivity contribution in [2.75, 3.05) is 0 Å². The Morgan fingerprint density at radius 1 is 1.11 bits per heavy atom. The van der Waals surface area contributed by atoms with Gasteiger partial charge in [0.1, 0.15) is 11.4 Å². The van der Waals surface area contributed by atoms with E-state index in [0.717, 1.165) is 16.3 Å². The highest BCUT2D eigenvalue weighted by molar-refractivity contribution is 6.30. The standard InChI is InChI=1S/C21H15ClN4O2/c22-15-8-5-14(6-9-15)18-11-19(25-24-18)21(28)26-23-12-17-16-4-2-1-3-13(16)7-10-20(17)27/h1-12,27H,(H,24,25)(H,26,28). The minimum atomic E-state index is -0.441. The number of hydrogen-bond donors (Lipinski definition) is 3. The van der Waals surface area contributed by atoms with Crippen LogP contribution >= 0.6 is 11.6 Å².